The Morgan fingerprint density at radius 2 is 1.46 bits per heavy atom. The first-order valence-electron chi connectivity index (χ1n) is 9.87. The zero-order valence-corrected chi connectivity index (χ0v) is 16.3. The molecule has 0 atom stereocenters. The fraction of sp³-hybridized carbons (Fsp3) is 0.591. The Balaban J connectivity index is 1.79. The monoisotopic (exact) mass is 343 g/mol. The maximum absolute atomic E-state index is 4.66. The molecule has 2 heterocycles. The van der Waals surface area contributed by atoms with Crippen LogP contribution < -0.4 is 0 Å². The van der Waals surface area contributed by atoms with Gasteiger partial charge < -0.3 is 0 Å². The van der Waals surface area contributed by atoms with Gasteiger partial charge in [-0.05, 0) is 43.9 Å². The van der Waals surface area contributed by atoms with Crippen LogP contribution >= 0.6 is 11.3 Å². The topological polar surface area (TPSA) is 12.9 Å². The van der Waals surface area contributed by atoms with Crippen molar-refractivity contribution in [1.29, 1.82) is 0 Å². The Morgan fingerprint density at radius 3 is 2.17 bits per heavy atom. The molecule has 0 spiro atoms. The molecule has 0 saturated heterocycles. The third kappa shape index (κ3) is 6.76. The highest BCUT2D eigenvalue weighted by molar-refractivity contribution is 7.15. The molecule has 1 nitrogen and oxygen atoms in total. The van der Waals surface area contributed by atoms with Crippen molar-refractivity contribution in [2.75, 3.05) is 0 Å². The first kappa shape index (κ1) is 19.2. The first-order valence-corrected chi connectivity index (χ1v) is 10.7. The van der Waals surface area contributed by atoms with Crippen molar-refractivity contribution < 1.29 is 0 Å². The number of hydrogen-bond acceptors (Lipinski definition) is 2. The lowest BCUT2D eigenvalue weighted by atomic mass is 10.1. The van der Waals surface area contributed by atoms with Gasteiger partial charge in [-0.2, -0.15) is 0 Å². The molecule has 0 bridgehead atoms. The van der Waals surface area contributed by atoms with E-state index in [1.165, 1.54) is 85.2 Å². The quantitative estimate of drug-likeness (QED) is 0.365. The number of thiophene rings is 1. The highest BCUT2D eigenvalue weighted by Gasteiger charge is 2.04. The second kappa shape index (κ2) is 11.4. The van der Waals surface area contributed by atoms with Gasteiger partial charge in [-0.1, -0.05) is 64.9 Å². The van der Waals surface area contributed by atoms with E-state index in [2.05, 4.69) is 49.3 Å². The average molecular weight is 344 g/mol. The molecule has 0 amide bonds. The smallest absolute Gasteiger partial charge is 0.0404 e. The van der Waals surface area contributed by atoms with Crippen LogP contribution in [0.25, 0.3) is 10.4 Å². The summed E-state index contributed by atoms with van der Waals surface area (Å²) >= 11 is 1.94. The zero-order valence-electron chi connectivity index (χ0n) is 15.5. The van der Waals surface area contributed by atoms with E-state index in [4.69, 9.17) is 0 Å². The summed E-state index contributed by atoms with van der Waals surface area (Å²) in [6, 6.07) is 9.03. The minimum absolute atomic E-state index is 1.12. The van der Waals surface area contributed by atoms with Crippen molar-refractivity contribution >= 4 is 11.3 Å². The van der Waals surface area contributed by atoms with Crippen molar-refractivity contribution in [3.8, 4) is 10.4 Å². The fourth-order valence-electron chi connectivity index (χ4n) is 3.02. The van der Waals surface area contributed by atoms with Crippen molar-refractivity contribution in [1.82, 2.24) is 4.98 Å². The summed E-state index contributed by atoms with van der Waals surface area (Å²) in [7, 11) is 0. The van der Waals surface area contributed by atoms with Crippen molar-refractivity contribution in [3.63, 3.8) is 0 Å². The van der Waals surface area contributed by atoms with Gasteiger partial charge in [0, 0.05) is 27.2 Å². The van der Waals surface area contributed by atoms with Crippen LogP contribution in [0.5, 0.6) is 0 Å². The standard InChI is InChI=1S/C22H33NS/c1-3-5-7-9-11-13-21-16-17-22(24-21)19-14-15-20(23-18-19)12-10-8-6-4-2/h14-18H,3-13H2,1-2H3. The highest BCUT2D eigenvalue weighted by atomic mass is 32.1. The zero-order chi connectivity index (χ0) is 17.0. The molecule has 0 aliphatic rings. The number of nitrogens with zero attached hydrogens (tertiary/aromatic N) is 1. The highest BCUT2D eigenvalue weighted by Crippen LogP contribution is 2.29. The van der Waals surface area contributed by atoms with Gasteiger partial charge in [0.2, 0.25) is 0 Å². The second-order valence-electron chi connectivity index (χ2n) is 6.78. The molecule has 0 aliphatic carbocycles. The van der Waals surface area contributed by atoms with Crippen LogP contribution in [0.2, 0.25) is 0 Å². The Labute approximate surface area is 152 Å². The molecular formula is C22H33NS. The molecule has 0 aromatic carbocycles. The third-order valence-electron chi connectivity index (χ3n) is 4.58. The van der Waals surface area contributed by atoms with E-state index in [0.29, 0.717) is 0 Å². The number of rotatable bonds is 12. The van der Waals surface area contributed by atoms with Crippen LogP contribution in [0.4, 0.5) is 0 Å². The molecule has 2 heteroatoms. The van der Waals surface area contributed by atoms with Gasteiger partial charge >= 0.3 is 0 Å². The maximum atomic E-state index is 4.66. The predicted molar refractivity (Wildman–Crippen MR) is 108 cm³/mol. The van der Waals surface area contributed by atoms with E-state index in [1.807, 2.05) is 11.3 Å². The van der Waals surface area contributed by atoms with Crippen molar-refractivity contribution in [2.24, 2.45) is 0 Å². The Hall–Kier alpha value is -1.15. The molecule has 0 radical (unpaired) electrons. The molecule has 0 N–H and O–H groups in total. The first-order chi connectivity index (χ1) is 11.8. The van der Waals surface area contributed by atoms with Gasteiger partial charge in [-0.25, -0.2) is 0 Å². The SMILES string of the molecule is CCCCCCCc1ccc(-c2ccc(CCCCCC)nc2)s1. The summed E-state index contributed by atoms with van der Waals surface area (Å²) in [6.45, 7) is 4.53. The fourth-order valence-corrected chi connectivity index (χ4v) is 4.06. The van der Waals surface area contributed by atoms with Crippen molar-refractivity contribution in [2.45, 2.75) is 84.5 Å². The Bertz CT molecular complexity index is 556. The molecule has 0 aliphatic heterocycles. The number of aromatic nitrogens is 1. The second-order valence-corrected chi connectivity index (χ2v) is 7.95. The van der Waals surface area contributed by atoms with Crippen LogP contribution in [-0.2, 0) is 12.8 Å². The normalized spacial score (nSPS) is 11.1. The molecule has 0 unspecified atom stereocenters. The molecule has 2 aromatic rings. The summed E-state index contributed by atoms with van der Waals surface area (Å²) < 4.78 is 0. The van der Waals surface area contributed by atoms with Crippen LogP contribution in [0.1, 0.15) is 82.2 Å². The average Bonchev–Trinajstić information content (AvgIpc) is 3.08. The minimum Gasteiger partial charge on any atom is -0.261 e. The molecule has 0 saturated carbocycles. The van der Waals surface area contributed by atoms with Crippen LogP contribution in [0, 0.1) is 0 Å². The molecule has 132 valence electrons. The minimum atomic E-state index is 1.12. The van der Waals surface area contributed by atoms with E-state index in [9.17, 15) is 0 Å². The van der Waals surface area contributed by atoms with E-state index >= 15 is 0 Å². The van der Waals surface area contributed by atoms with Crippen LogP contribution in [0.3, 0.4) is 0 Å². The van der Waals surface area contributed by atoms with Crippen LogP contribution in [0.15, 0.2) is 30.5 Å². The molecule has 2 aromatic heterocycles. The van der Waals surface area contributed by atoms with E-state index in [1.54, 1.807) is 0 Å². The van der Waals surface area contributed by atoms with E-state index in [-0.39, 0.29) is 0 Å². The summed E-state index contributed by atoms with van der Waals surface area (Å²) in [4.78, 5) is 7.55. The summed E-state index contributed by atoms with van der Waals surface area (Å²) in [5, 5.41) is 0. The predicted octanol–water partition coefficient (Wildman–Crippen LogP) is 7.45. The number of aryl methyl sites for hydroxylation is 2. The van der Waals surface area contributed by atoms with Gasteiger partial charge in [-0.3, -0.25) is 4.98 Å². The lowest BCUT2D eigenvalue weighted by molar-refractivity contribution is 0.634. The third-order valence-corrected chi connectivity index (χ3v) is 5.78. The van der Waals surface area contributed by atoms with Gasteiger partial charge in [-0.15, -0.1) is 11.3 Å². The van der Waals surface area contributed by atoms with Crippen molar-refractivity contribution in [3.05, 3.63) is 41.0 Å². The van der Waals surface area contributed by atoms with Crippen LogP contribution in [-0.4, -0.2) is 4.98 Å². The van der Waals surface area contributed by atoms with Gasteiger partial charge in [0.15, 0.2) is 0 Å². The summed E-state index contributed by atoms with van der Waals surface area (Å²) in [6.07, 6.45) is 16.4. The molecule has 2 rings (SSSR count). The number of unbranched alkanes of at least 4 members (excludes halogenated alkanes) is 7. The largest absolute Gasteiger partial charge is 0.261 e. The number of pyridine rings is 1. The van der Waals surface area contributed by atoms with Gasteiger partial charge in [0.1, 0.15) is 0 Å². The van der Waals surface area contributed by atoms with Gasteiger partial charge in [0.05, 0.1) is 0 Å². The maximum Gasteiger partial charge on any atom is 0.0404 e. The summed E-state index contributed by atoms with van der Waals surface area (Å²) in [5.74, 6) is 0. The Morgan fingerprint density at radius 1 is 0.750 bits per heavy atom. The Kier molecular flexibility index (Phi) is 9.12. The van der Waals surface area contributed by atoms with E-state index < -0.39 is 0 Å². The van der Waals surface area contributed by atoms with E-state index in [0.717, 1.165) is 6.42 Å². The molecule has 24 heavy (non-hydrogen) atoms. The molecular weight excluding hydrogens is 310 g/mol. The van der Waals surface area contributed by atoms with Gasteiger partial charge in [0.25, 0.3) is 0 Å². The lowest BCUT2D eigenvalue weighted by Crippen LogP contribution is -1.90. The number of hydrogen-bond donors (Lipinski definition) is 0. The summed E-state index contributed by atoms with van der Waals surface area (Å²) in [5.41, 5.74) is 2.51. The molecule has 0 fully saturated rings. The lowest BCUT2D eigenvalue weighted by Gasteiger charge is -2.02.